The summed E-state index contributed by atoms with van der Waals surface area (Å²) in [6.07, 6.45) is 0. The van der Waals surface area contributed by atoms with Crippen LogP contribution in [0.15, 0.2) is 42.5 Å². The van der Waals surface area contributed by atoms with E-state index in [0.717, 1.165) is 12.1 Å². The molecule has 0 aliphatic heterocycles. The van der Waals surface area contributed by atoms with Crippen molar-refractivity contribution in [2.75, 3.05) is 0 Å². The van der Waals surface area contributed by atoms with Crippen LogP contribution in [0.2, 0.25) is 0 Å². The second-order valence-corrected chi connectivity index (χ2v) is 3.55. The molecule has 92 valence electrons. The monoisotopic (exact) mass is 248 g/mol. The molecule has 0 saturated carbocycles. The predicted octanol–water partition coefficient (Wildman–Crippen LogP) is 2.46. The normalized spacial score (nSPS) is 10.1. The number of phenols is 2. The second-order valence-electron chi connectivity index (χ2n) is 3.55. The summed E-state index contributed by atoms with van der Waals surface area (Å²) < 4.78 is 18.1. The summed E-state index contributed by atoms with van der Waals surface area (Å²) in [7, 11) is 0. The van der Waals surface area contributed by atoms with Crippen molar-refractivity contribution in [2.24, 2.45) is 0 Å². The SMILES string of the molecule is O=C(Oc1ccc(O)cc1F)c1ccc(O)cc1. The summed E-state index contributed by atoms with van der Waals surface area (Å²) in [6, 6.07) is 8.57. The number of esters is 1. The van der Waals surface area contributed by atoms with Gasteiger partial charge < -0.3 is 14.9 Å². The lowest BCUT2D eigenvalue weighted by Gasteiger charge is -2.05. The Hall–Kier alpha value is -2.56. The van der Waals surface area contributed by atoms with Gasteiger partial charge in [0.05, 0.1) is 5.56 Å². The maximum absolute atomic E-state index is 13.3. The molecule has 5 heteroatoms. The molecule has 2 aromatic rings. The molecule has 18 heavy (non-hydrogen) atoms. The lowest BCUT2D eigenvalue weighted by molar-refractivity contribution is 0.0727. The highest BCUT2D eigenvalue weighted by atomic mass is 19.1. The number of carbonyl (C=O) groups is 1. The van der Waals surface area contributed by atoms with Gasteiger partial charge in [-0.1, -0.05) is 0 Å². The molecular formula is C13H9FO4. The van der Waals surface area contributed by atoms with E-state index in [0.29, 0.717) is 0 Å². The fourth-order valence-corrected chi connectivity index (χ4v) is 1.33. The van der Waals surface area contributed by atoms with Gasteiger partial charge in [0, 0.05) is 6.07 Å². The summed E-state index contributed by atoms with van der Waals surface area (Å²) in [6.45, 7) is 0. The summed E-state index contributed by atoms with van der Waals surface area (Å²) in [4.78, 5) is 11.6. The first-order chi connectivity index (χ1) is 8.56. The van der Waals surface area contributed by atoms with Crippen LogP contribution in [0.25, 0.3) is 0 Å². The molecule has 0 amide bonds. The van der Waals surface area contributed by atoms with Gasteiger partial charge in [0.1, 0.15) is 11.5 Å². The molecule has 0 fully saturated rings. The summed E-state index contributed by atoms with van der Waals surface area (Å²) in [5.41, 5.74) is 0.181. The van der Waals surface area contributed by atoms with Gasteiger partial charge >= 0.3 is 5.97 Å². The Bertz CT molecular complexity index is 578. The maximum Gasteiger partial charge on any atom is 0.343 e. The number of rotatable bonds is 2. The fraction of sp³-hybridized carbons (Fsp3) is 0. The molecule has 0 bridgehead atoms. The molecule has 0 aliphatic carbocycles. The van der Waals surface area contributed by atoms with E-state index < -0.39 is 11.8 Å². The molecule has 2 aromatic carbocycles. The lowest BCUT2D eigenvalue weighted by atomic mass is 10.2. The minimum Gasteiger partial charge on any atom is -0.508 e. The average Bonchev–Trinajstić information content (AvgIpc) is 2.33. The first kappa shape index (κ1) is 11.9. The molecule has 2 N–H and O–H groups in total. The van der Waals surface area contributed by atoms with Crippen molar-refractivity contribution in [3.8, 4) is 17.2 Å². The zero-order valence-corrected chi connectivity index (χ0v) is 9.13. The van der Waals surface area contributed by atoms with E-state index in [-0.39, 0.29) is 22.8 Å². The number of aromatic hydroxyl groups is 2. The molecule has 0 saturated heterocycles. The van der Waals surface area contributed by atoms with Crippen molar-refractivity contribution < 1.29 is 24.1 Å². The molecule has 0 aliphatic rings. The number of hydrogen-bond donors (Lipinski definition) is 2. The van der Waals surface area contributed by atoms with Gasteiger partial charge in [-0.15, -0.1) is 0 Å². The predicted molar refractivity (Wildman–Crippen MR) is 61.1 cm³/mol. The van der Waals surface area contributed by atoms with E-state index in [1.165, 1.54) is 30.3 Å². The molecule has 0 spiro atoms. The third kappa shape index (κ3) is 2.57. The maximum atomic E-state index is 13.3. The van der Waals surface area contributed by atoms with Gasteiger partial charge in [-0.3, -0.25) is 0 Å². The Morgan fingerprint density at radius 1 is 1.00 bits per heavy atom. The van der Waals surface area contributed by atoms with E-state index in [1.807, 2.05) is 0 Å². The van der Waals surface area contributed by atoms with Crippen molar-refractivity contribution in [1.82, 2.24) is 0 Å². The van der Waals surface area contributed by atoms with Crippen molar-refractivity contribution >= 4 is 5.97 Å². The first-order valence-electron chi connectivity index (χ1n) is 5.06. The Labute approximate surface area is 102 Å². The number of benzene rings is 2. The van der Waals surface area contributed by atoms with Crippen molar-refractivity contribution in [3.05, 3.63) is 53.8 Å². The Kier molecular flexibility index (Phi) is 3.14. The summed E-state index contributed by atoms with van der Waals surface area (Å²) in [5.74, 6) is -2.09. The number of carbonyl (C=O) groups excluding carboxylic acids is 1. The second kappa shape index (κ2) is 4.75. The van der Waals surface area contributed by atoms with Gasteiger partial charge in [0.25, 0.3) is 0 Å². The van der Waals surface area contributed by atoms with Crippen LogP contribution < -0.4 is 4.74 Å². The van der Waals surface area contributed by atoms with Crippen molar-refractivity contribution in [1.29, 1.82) is 0 Å². The van der Waals surface area contributed by atoms with Crippen LogP contribution in [-0.2, 0) is 0 Å². The molecule has 0 atom stereocenters. The minimum atomic E-state index is -0.831. The van der Waals surface area contributed by atoms with Crippen LogP contribution in [-0.4, -0.2) is 16.2 Å². The van der Waals surface area contributed by atoms with Crippen LogP contribution >= 0.6 is 0 Å². The van der Waals surface area contributed by atoms with Gasteiger partial charge in [-0.2, -0.15) is 0 Å². The zero-order chi connectivity index (χ0) is 13.1. The minimum absolute atomic E-state index is 0.0161. The van der Waals surface area contributed by atoms with Crippen LogP contribution in [0.5, 0.6) is 17.2 Å². The third-order valence-corrected chi connectivity index (χ3v) is 2.22. The number of hydrogen-bond acceptors (Lipinski definition) is 4. The highest BCUT2D eigenvalue weighted by Gasteiger charge is 2.12. The smallest absolute Gasteiger partial charge is 0.343 e. The van der Waals surface area contributed by atoms with Crippen LogP contribution in [0.4, 0.5) is 4.39 Å². The standard InChI is InChI=1S/C13H9FO4/c14-11-7-10(16)5-6-12(11)18-13(17)8-1-3-9(15)4-2-8/h1-7,15-16H. The molecule has 0 radical (unpaired) electrons. The molecule has 2 rings (SSSR count). The largest absolute Gasteiger partial charge is 0.508 e. The molecule has 4 nitrogen and oxygen atoms in total. The highest BCUT2D eigenvalue weighted by Crippen LogP contribution is 2.22. The number of halogens is 1. The Morgan fingerprint density at radius 3 is 2.22 bits per heavy atom. The first-order valence-corrected chi connectivity index (χ1v) is 5.06. The third-order valence-electron chi connectivity index (χ3n) is 2.22. The topological polar surface area (TPSA) is 66.8 Å². The highest BCUT2D eigenvalue weighted by molar-refractivity contribution is 5.91. The van der Waals surface area contributed by atoms with E-state index in [9.17, 15) is 9.18 Å². The Morgan fingerprint density at radius 2 is 1.61 bits per heavy atom. The van der Waals surface area contributed by atoms with Crippen molar-refractivity contribution in [3.63, 3.8) is 0 Å². The molecule has 0 heterocycles. The fourth-order valence-electron chi connectivity index (χ4n) is 1.33. The number of ether oxygens (including phenoxy) is 1. The van der Waals surface area contributed by atoms with E-state index in [2.05, 4.69) is 0 Å². The zero-order valence-electron chi connectivity index (χ0n) is 9.13. The van der Waals surface area contributed by atoms with E-state index in [1.54, 1.807) is 0 Å². The summed E-state index contributed by atoms with van der Waals surface area (Å²) >= 11 is 0. The molecular weight excluding hydrogens is 239 g/mol. The van der Waals surface area contributed by atoms with Gasteiger partial charge in [0.15, 0.2) is 11.6 Å². The van der Waals surface area contributed by atoms with Gasteiger partial charge in [0.2, 0.25) is 0 Å². The van der Waals surface area contributed by atoms with Crippen molar-refractivity contribution in [2.45, 2.75) is 0 Å². The van der Waals surface area contributed by atoms with Crippen LogP contribution in [0.3, 0.4) is 0 Å². The molecule has 0 aromatic heterocycles. The average molecular weight is 248 g/mol. The lowest BCUT2D eigenvalue weighted by Crippen LogP contribution is -2.09. The molecule has 0 unspecified atom stereocenters. The van der Waals surface area contributed by atoms with E-state index >= 15 is 0 Å². The number of phenolic OH excluding ortho intramolecular Hbond substituents is 2. The Balaban J connectivity index is 2.18. The van der Waals surface area contributed by atoms with Gasteiger partial charge in [-0.25, -0.2) is 9.18 Å². The summed E-state index contributed by atoms with van der Waals surface area (Å²) in [5, 5.41) is 18.1. The quantitative estimate of drug-likeness (QED) is 0.632. The van der Waals surface area contributed by atoms with Crippen LogP contribution in [0.1, 0.15) is 10.4 Å². The van der Waals surface area contributed by atoms with Gasteiger partial charge in [-0.05, 0) is 36.4 Å². The van der Waals surface area contributed by atoms with Crippen LogP contribution in [0, 0.1) is 5.82 Å². The van der Waals surface area contributed by atoms with E-state index in [4.69, 9.17) is 14.9 Å².